The van der Waals surface area contributed by atoms with E-state index < -0.39 is 25.9 Å². The molecule has 0 radical (unpaired) electrons. The molecule has 1 aromatic carbocycles. The second-order valence-corrected chi connectivity index (χ2v) is 16.6. The predicted octanol–water partition coefficient (Wildman–Crippen LogP) is 3.99. The zero-order chi connectivity index (χ0) is 15.2. The van der Waals surface area contributed by atoms with Crippen molar-refractivity contribution in [2.75, 3.05) is 0 Å². The second kappa shape index (κ2) is 7.70. The second-order valence-electron chi connectivity index (χ2n) is 6.37. The molecule has 1 unspecified atom stereocenters. The molecule has 0 aliphatic rings. The lowest BCUT2D eigenvalue weighted by Crippen LogP contribution is -2.56. The van der Waals surface area contributed by atoms with Gasteiger partial charge in [0, 0.05) is 0 Å². The third-order valence-electron chi connectivity index (χ3n) is 3.38. The highest BCUT2D eigenvalue weighted by Crippen LogP contribution is 2.22. The van der Waals surface area contributed by atoms with Crippen LogP contribution in [0, 0.1) is 0 Å². The summed E-state index contributed by atoms with van der Waals surface area (Å²) < 4.78 is 12.9. The normalized spacial score (nSPS) is 15.3. The van der Waals surface area contributed by atoms with Crippen LogP contribution in [-0.2, 0) is 8.23 Å². The van der Waals surface area contributed by atoms with E-state index in [1.165, 1.54) is 24.1 Å². The van der Waals surface area contributed by atoms with Gasteiger partial charge in [0.2, 0.25) is 8.32 Å². The van der Waals surface area contributed by atoms with Crippen LogP contribution < -0.4 is 5.19 Å². The van der Waals surface area contributed by atoms with E-state index in [4.69, 9.17) is 8.23 Å². The van der Waals surface area contributed by atoms with Crippen LogP contribution >= 0.6 is 0 Å². The Labute approximate surface area is 128 Å². The van der Waals surface area contributed by atoms with E-state index >= 15 is 0 Å². The van der Waals surface area contributed by atoms with Gasteiger partial charge in [-0.2, -0.15) is 0 Å². The van der Waals surface area contributed by atoms with Crippen molar-refractivity contribution in [3.05, 3.63) is 30.3 Å². The Morgan fingerprint density at radius 2 is 1.65 bits per heavy atom. The standard InChI is InChI=1S/C15H30O2Si3/c1-7-8-14-20(6,15-12-10-9-11-13-15)17-19(4,5)16-18(2)3/h9-13,18H,7-8,14H2,1-6H3. The first-order chi connectivity index (χ1) is 9.29. The average molecular weight is 327 g/mol. The van der Waals surface area contributed by atoms with Crippen molar-refractivity contribution in [3.8, 4) is 0 Å². The van der Waals surface area contributed by atoms with E-state index in [0.717, 1.165) is 0 Å². The maximum atomic E-state index is 6.71. The van der Waals surface area contributed by atoms with Gasteiger partial charge in [0.25, 0.3) is 0 Å². The number of benzene rings is 1. The smallest absolute Gasteiger partial charge is 0.311 e. The average Bonchev–Trinajstić information content (AvgIpc) is 2.35. The van der Waals surface area contributed by atoms with Gasteiger partial charge in [-0.3, -0.25) is 0 Å². The van der Waals surface area contributed by atoms with Crippen LogP contribution in [0.5, 0.6) is 0 Å². The molecule has 5 heteroatoms. The van der Waals surface area contributed by atoms with Gasteiger partial charge in [0.1, 0.15) is 0 Å². The molecular weight excluding hydrogens is 296 g/mol. The van der Waals surface area contributed by atoms with E-state index in [1.807, 2.05) is 0 Å². The van der Waals surface area contributed by atoms with Crippen molar-refractivity contribution in [2.45, 2.75) is 58.5 Å². The Bertz CT molecular complexity index is 395. The Hall–Kier alpha value is -0.209. The highest BCUT2D eigenvalue weighted by Gasteiger charge is 2.39. The van der Waals surface area contributed by atoms with E-state index in [2.05, 4.69) is 70.0 Å². The predicted molar refractivity (Wildman–Crippen MR) is 95.9 cm³/mol. The Balaban J connectivity index is 2.94. The van der Waals surface area contributed by atoms with E-state index in [1.54, 1.807) is 0 Å². The molecule has 0 fully saturated rings. The van der Waals surface area contributed by atoms with Crippen LogP contribution in [0.15, 0.2) is 30.3 Å². The van der Waals surface area contributed by atoms with Gasteiger partial charge < -0.3 is 8.23 Å². The molecule has 1 atom stereocenters. The molecule has 0 spiro atoms. The summed E-state index contributed by atoms with van der Waals surface area (Å²) in [5, 5.41) is 1.41. The fourth-order valence-electron chi connectivity index (χ4n) is 2.69. The third-order valence-corrected chi connectivity index (χ3v) is 14.2. The van der Waals surface area contributed by atoms with Gasteiger partial charge in [-0.15, -0.1) is 0 Å². The van der Waals surface area contributed by atoms with Gasteiger partial charge in [-0.05, 0) is 44.0 Å². The zero-order valence-corrected chi connectivity index (χ0v) is 17.1. The highest BCUT2D eigenvalue weighted by molar-refractivity contribution is 6.92. The largest absolute Gasteiger partial charge is 0.440 e. The molecule has 0 N–H and O–H groups in total. The Morgan fingerprint density at radius 3 is 2.15 bits per heavy atom. The minimum atomic E-state index is -2.01. The van der Waals surface area contributed by atoms with Crippen LogP contribution in [-0.4, -0.2) is 25.9 Å². The molecule has 20 heavy (non-hydrogen) atoms. The van der Waals surface area contributed by atoms with Crippen LogP contribution in [0.1, 0.15) is 19.8 Å². The zero-order valence-electron chi connectivity index (χ0n) is 13.9. The lowest BCUT2D eigenvalue weighted by Gasteiger charge is -2.37. The summed E-state index contributed by atoms with van der Waals surface area (Å²) >= 11 is 0. The number of hydrogen-bond acceptors (Lipinski definition) is 2. The Morgan fingerprint density at radius 1 is 1.05 bits per heavy atom. The summed E-state index contributed by atoms with van der Waals surface area (Å²) in [6.07, 6.45) is 2.46. The van der Waals surface area contributed by atoms with Crippen LogP contribution in [0.4, 0.5) is 0 Å². The summed E-state index contributed by atoms with van der Waals surface area (Å²) in [5.41, 5.74) is 0. The van der Waals surface area contributed by atoms with Crippen molar-refractivity contribution >= 4 is 31.1 Å². The molecule has 0 bridgehead atoms. The van der Waals surface area contributed by atoms with Crippen LogP contribution in [0.2, 0.25) is 38.8 Å². The van der Waals surface area contributed by atoms with Gasteiger partial charge in [-0.1, -0.05) is 50.1 Å². The summed E-state index contributed by atoms with van der Waals surface area (Å²) in [4.78, 5) is 0. The molecule has 1 aromatic rings. The van der Waals surface area contributed by atoms with Crippen molar-refractivity contribution < 1.29 is 8.23 Å². The lowest BCUT2D eigenvalue weighted by atomic mass is 10.4. The van der Waals surface area contributed by atoms with E-state index in [0.29, 0.717) is 0 Å². The van der Waals surface area contributed by atoms with Crippen molar-refractivity contribution in [1.29, 1.82) is 0 Å². The summed E-state index contributed by atoms with van der Waals surface area (Å²) in [5.74, 6) is 0. The SMILES string of the molecule is CCCC[Si](C)(O[Si](C)(C)O[SiH](C)C)c1ccccc1. The minimum absolute atomic E-state index is 1.05. The molecule has 2 nitrogen and oxygen atoms in total. The topological polar surface area (TPSA) is 18.5 Å². The highest BCUT2D eigenvalue weighted by atomic mass is 28.5. The molecular formula is C15H30O2Si3. The van der Waals surface area contributed by atoms with E-state index in [9.17, 15) is 0 Å². The molecule has 114 valence electrons. The van der Waals surface area contributed by atoms with Gasteiger partial charge in [0.05, 0.1) is 0 Å². The fraction of sp³-hybridized carbons (Fsp3) is 0.600. The first kappa shape index (κ1) is 17.8. The molecule has 0 heterocycles. The van der Waals surface area contributed by atoms with Crippen LogP contribution in [0.25, 0.3) is 0 Å². The van der Waals surface area contributed by atoms with Crippen molar-refractivity contribution in [3.63, 3.8) is 0 Å². The maximum absolute atomic E-state index is 6.71. The lowest BCUT2D eigenvalue weighted by molar-refractivity contribution is 0.403. The van der Waals surface area contributed by atoms with E-state index in [-0.39, 0.29) is 0 Å². The summed E-state index contributed by atoms with van der Waals surface area (Å²) in [6, 6.07) is 12.0. The molecule has 0 amide bonds. The first-order valence-corrected chi connectivity index (χ1v) is 15.9. The first-order valence-electron chi connectivity index (χ1n) is 7.72. The maximum Gasteiger partial charge on any atom is 0.311 e. The summed E-state index contributed by atoms with van der Waals surface area (Å²) in [6.45, 7) is 13.5. The molecule has 1 rings (SSSR count). The van der Waals surface area contributed by atoms with Gasteiger partial charge in [0.15, 0.2) is 9.04 Å². The third kappa shape index (κ3) is 5.65. The number of rotatable bonds is 8. The quantitative estimate of drug-likeness (QED) is 0.673. The monoisotopic (exact) mass is 326 g/mol. The van der Waals surface area contributed by atoms with Gasteiger partial charge in [-0.25, -0.2) is 0 Å². The molecule has 0 saturated carbocycles. The fourth-order valence-corrected chi connectivity index (χ4v) is 15.3. The molecule has 0 aromatic heterocycles. The molecule has 0 aliphatic carbocycles. The Kier molecular flexibility index (Phi) is 6.87. The number of hydrogen-bond donors (Lipinski definition) is 0. The van der Waals surface area contributed by atoms with Gasteiger partial charge >= 0.3 is 8.56 Å². The molecule has 0 aliphatic heterocycles. The number of unbranched alkanes of at least 4 members (excludes halogenated alkanes) is 1. The van der Waals surface area contributed by atoms with Crippen LogP contribution in [0.3, 0.4) is 0 Å². The van der Waals surface area contributed by atoms with Crippen molar-refractivity contribution in [1.82, 2.24) is 0 Å². The summed E-state index contributed by atoms with van der Waals surface area (Å²) in [7, 11) is -4.95. The minimum Gasteiger partial charge on any atom is -0.440 e. The molecule has 0 saturated heterocycles. The van der Waals surface area contributed by atoms with Crippen molar-refractivity contribution in [2.24, 2.45) is 0 Å².